The highest BCUT2D eigenvalue weighted by Crippen LogP contribution is 2.39. The largest absolute Gasteiger partial charge is 0.257 e. The van der Waals surface area contributed by atoms with Crippen molar-refractivity contribution in [3.63, 3.8) is 0 Å². The molecule has 0 amide bonds. The molecule has 5 heteroatoms. The van der Waals surface area contributed by atoms with Gasteiger partial charge in [0.15, 0.2) is 0 Å². The first kappa shape index (κ1) is 17.6. The molecule has 3 aromatic rings. The lowest BCUT2D eigenvalue weighted by Crippen LogP contribution is -2.18. The fourth-order valence-corrected chi connectivity index (χ4v) is 3.95. The van der Waals surface area contributed by atoms with Gasteiger partial charge in [0, 0.05) is 20.9 Å². The summed E-state index contributed by atoms with van der Waals surface area (Å²) in [5.74, 6) is 0. The number of hydrogen-bond acceptors (Lipinski definition) is 2. The van der Waals surface area contributed by atoms with E-state index >= 15 is 0 Å². The fourth-order valence-electron chi connectivity index (χ4n) is 3.17. The molecule has 130 valence electrons. The summed E-state index contributed by atoms with van der Waals surface area (Å²) >= 11 is 16.1. The van der Waals surface area contributed by atoms with Crippen LogP contribution in [-0.2, 0) is 0 Å². The van der Waals surface area contributed by atoms with Gasteiger partial charge < -0.3 is 0 Å². The third kappa shape index (κ3) is 3.52. The van der Waals surface area contributed by atoms with Crippen LogP contribution >= 0.6 is 39.1 Å². The summed E-state index contributed by atoms with van der Waals surface area (Å²) in [6, 6.07) is 24.0. The third-order valence-electron chi connectivity index (χ3n) is 4.42. The van der Waals surface area contributed by atoms with Gasteiger partial charge in [-0.05, 0) is 47.5 Å². The van der Waals surface area contributed by atoms with Crippen LogP contribution in [0.2, 0.25) is 10.0 Å². The van der Waals surface area contributed by atoms with E-state index in [1.165, 1.54) is 0 Å². The predicted octanol–water partition coefficient (Wildman–Crippen LogP) is 7.11. The topological polar surface area (TPSA) is 15.6 Å². The zero-order valence-electron chi connectivity index (χ0n) is 13.7. The summed E-state index contributed by atoms with van der Waals surface area (Å²) in [5.41, 5.74) is 4.19. The minimum absolute atomic E-state index is 0.0451. The second kappa shape index (κ2) is 7.43. The van der Waals surface area contributed by atoms with E-state index in [0.29, 0.717) is 0 Å². The van der Waals surface area contributed by atoms with Gasteiger partial charge >= 0.3 is 0 Å². The van der Waals surface area contributed by atoms with Crippen molar-refractivity contribution < 1.29 is 0 Å². The molecule has 1 atom stereocenters. The Morgan fingerprint density at radius 3 is 2.42 bits per heavy atom. The van der Waals surface area contributed by atoms with E-state index in [1.54, 1.807) is 0 Å². The smallest absolute Gasteiger partial charge is 0.0846 e. The zero-order chi connectivity index (χ0) is 18.1. The lowest BCUT2D eigenvalue weighted by Gasteiger charge is -2.24. The van der Waals surface area contributed by atoms with Crippen molar-refractivity contribution in [2.45, 2.75) is 12.5 Å². The standard InChI is InChI=1S/C21H15BrCl2N2/c22-15-4-3-5-17(12-15)26-21(18-6-1-2-7-19(18)24)13-20(25-26)14-8-10-16(23)11-9-14/h1-12,21H,13H2. The van der Waals surface area contributed by atoms with Crippen molar-refractivity contribution in [2.24, 2.45) is 5.10 Å². The molecule has 0 aromatic heterocycles. The van der Waals surface area contributed by atoms with Gasteiger partial charge in [-0.3, -0.25) is 5.01 Å². The number of halogens is 3. The molecule has 0 aliphatic carbocycles. The number of rotatable bonds is 3. The van der Waals surface area contributed by atoms with E-state index in [9.17, 15) is 0 Å². The first-order chi connectivity index (χ1) is 12.6. The van der Waals surface area contributed by atoms with Crippen molar-refractivity contribution in [2.75, 3.05) is 5.01 Å². The average molecular weight is 446 g/mol. The molecule has 0 radical (unpaired) electrons. The van der Waals surface area contributed by atoms with Crippen LogP contribution in [0.3, 0.4) is 0 Å². The van der Waals surface area contributed by atoms with Gasteiger partial charge in [0.2, 0.25) is 0 Å². The Hall–Kier alpha value is -1.81. The van der Waals surface area contributed by atoms with Gasteiger partial charge in [0.25, 0.3) is 0 Å². The van der Waals surface area contributed by atoms with Crippen LogP contribution in [0.25, 0.3) is 0 Å². The first-order valence-corrected chi connectivity index (χ1v) is 9.79. The predicted molar refractivity (Wildman–Crippen MR) is 113 cm³/mol. The average Bonchev–Trinajstić information content (AvgIpc) is 3.08. The van der Waals surface area contributed by atoms with Crippen LogP contribution in [0.4, 0.5) is 5.69 Å². The highest BCUT2D eigenvalue weighted by atomic mass is 79.9. The molecule has 0 N–H and O–H groups in total. The molecular formula is C21H15BrCl2N2. The van der Waals surface area contributed by atoms with E-state index in [4.69, 9.17) is 28.3 Å². The SMILES string of the molecule is Clc1ccc(C2=NN(c3cccc(Br)c3)C(c3ccccc3Cl)C2)cc1. The van der Waals surface area contributed by atoms with Crippen molar-refractivity contribution in [3.8, 4) is 0 Å². The molecule has 2 nitrogen and oxygen atoms in total. The van der Waals surface area contributed by atoms with Crippen LogP contribution < -0.4 is 5.01 Å². The molecule has 0 saturated heterocycles. The Labute approximate surface area is 171 Å². The van der Waals surface area contributed by atoms with E-state index in [2.05, 4.69) is 39.1 Å². The molecule has 0 saturated carbocycles. The maximum atomic E-state index is 6.50. The van der Waals surface area contributed by atoms with Gasteiger partial charge in [0.1, 0.15) is 0 Å². The number of nitrogens with zero attached hydrogens (tertiary/aromatic N) is 2. The van der Waals surface area contributed by atoms with Crippen LogP contribution in [-0.4, -0.2) is 5.71 Å². The summed E-state index contributed by atoms with van der Waals surface area (Å²) in [6.07, 6.45) is 0.776. The molecular weight excluding hydrogens is 431 g/mol. The van der Waals surface area contributed by atoms with Gasteiger partial charge in [-0.2, -0.15) is 5.10 Å². The van der Waals surface area contributed by atoms with Gasteiger partial charge in [-0.15, -0.1) is 0 Å². The van der Waals surface area contributed by atoms with Crippen LogP contribution in [0.1, 0.15) is 23.6 Å². The van der Waals surface area contributed by atoms with Gasteiger partial charge in [0.05, 0.1) is 17.4 Å². The zero-order valence-corrected chi connectivity index (χ0v) is 16.8. The number of anilines is 1. The number of benzene rings is 3. The van der Waals surface area contributed by atoms with Crippen molar-refractivity contribution in [1.82, 2.24) is 0 Å². The highest BCUT2D eigenvalue weighted by molar-refractivity contribution is 9.10. The Morgan fingerprint density at radius 2 is 1.69 bits per heavy atom. The van der Waals surface area contributed by atoms with Crippen LogP contribution in [0.15, 0.2) is 82.4 Å². The fraction of sp³-hybridized carbons (Fsp3) is 0.0952. The lowest BCUT2D eigenvalue weighted by atomic mass is 9.98. The second-order valence-corrected chi connectivity index (χ2v) is 7.88. The molecule has 26 heavy (non-hydrogen) atoms. The van der Waals surface area contributed by atoms with Crippen LogP contribution in [0.5, 0.6) is 0 Å². The number of hydrogen-bond donors (Lipinski definition) is 0. The quantitative estimate of drug-likeness (QED) is 0.419. The molecule has 0 bridgehead atoms. The van der Waals surface area contributed by atoms with E-state index in [0.717, 1.165) is 43.5 Å². The van der Waals surface area contributed by atoms with Crippen molar-refractivity contribution in [3.05, 3.63) is 98.4 Å². The molecule has 1 aliphatic heterocycles. The lowest BCUT2D eigenvalue weighted by molar-refractivity contribution is 0.709. The Kier molecular flexibility index (Phi) is 5.03. The maximum Gasteiger partial charge on any atom is 0.0846 e. The summed E-state index contributed by atoms with van der Waals surface area (Å²) < 4.78 is 1.02. The third-order valence-corrected chi connectivity index (χ3v) is 5.51. The molecule has 1 heterocycles. The Morgan fingerprint density at radius 1 is 0.923 bits per heavy atom. The molecule has 1 aliphatic rings. The first-order valence-electron chi connectivity index (χ1n) is 8.24. The van der Waals surface area contributed by atoms with E-state index in [-0.39, 0.29) is 6.04 Å². The van der Waals surface area contributed by atoms with Crippen molar-refractivity contribution in [1.29, 1.82) is 0 Å². The highest BCUT2D eigenvalue weighted by Gasteiger charge is 2.31. The maximum absolute atomic E-state index is 6.50. The minimum Gasteiger partial charge on any atom is -0.257 e. The van der Waals surface area contributed by atoms with E-state index in [1.807, 2.05) is 54.6 Å². The van der Waals surface area contributed by atoms with Gasteiger partial charge in [-0.25, -0.2) is 0 Å². The monoisotopic (exact) mass is 444 g/mol. The molecule has 3 aromatic carbocycles. The summed E-state index contributed by atoms with van der Waals surface area (Å²) in [5, 5.41) is 8.45. The number of hydrazone groups is 1. The molecule has 1 unspecified atom stereocenters. The Bertz CT molecular complexity index is 970. The molecule has 0 fully saturated rings. The normalized spacial score (nSPS) is 16.7. The second-order valence-electron chi connectivity index (χ2n) is 6.12. The minimum atomic E-state index is 0.0451. The molecule has 4 rings (SSSR count). The molecule has 0 spiro atoms. The summed E-state index contributed by atoms with van der Waals surface area (Å²) in [6.45, 7) is 0. The summed E-state index contributed by atoms with van der Waals surface area (Å²) in [7, 11) is 0. The Balaban J connectivity index is 1.78. The summed E-state index contributed by atoms with van der Waals surface area (Å²) in [4.78, 5) is 0. The van der Waals surface area contributed by atoms with Crippen LogP contribution in [0, 0.1) is 0 Å². The van der Waals surface area contributed by atoms with Crippen molar-refractivity contribution >= 4 is 50.5 Å². The van der Waals surface area contributed by atoms with E-state index < -0.39 is 0 Å². The van der Waals surface area contributed by atoms with Gasteiger partial charge in [-0.1, -0.05) is 75.5 Å².